The lowest BCUT2D eigenvalue weighted by Crippen LogP contribution is -2.43. The maximum absolute atomic E-state index is 6.61. The van der Waals surface area contributed by atoms with Gasteiger partial charge in [0.15, 0.2) is 0 Å². The number of fused-ring (bicyclic) bond motifs is 2. The summed E-state index contributed by atoms with van der Waals surface area (Å²) in [7, 11) is 0. The standard InChI is InChI=1S/C16H16BrNO2/c1-8-6-10-12(16(18)4-3-5-16)14-11(7-9(2)19-14)13(17)15(10)20-8/h6-7H,3-5,18H2,1-2H3. The van der Waals surface area contributed by atoms with E-state index in [-0.39, 0.29) is 5.54 Å². The fourth-order valence-electron chi connectivity index (χ4n) is 3.27. The first-order chi connectivity index (χ1) is 9.49. The zero-order chi connectivity index (χ0) is 14.1. The van der Waals surface area contributed by atoms with Crippen LogP contribution >= 0.6 is 15.9 Å². The molecule has 0 saturated heterocycles. The fourth-order valence-corrected chi connectivity index (χ4v) is 3.86. The molecule has 1 fully saturated rings. The van der Waals surface area contributed by atoms with Crippen LogP contribution in [0.1, 0.15) is 36.3 Å². The Morgan fingerprint density at radius 3 is 2.25 bits per heavy atom. The van der Waals surface area contributed by atoms with Gasteiger partial charge in [0.05, 0.1) is 4.47 Å². The highest BCUT2D eigenvalue weighted by atomic mass is 79.9. The van der Waals surface area contributed by atoms with E-state index in [9.17, 15) is 0 Å². The molecule has 0 unspecified atom stereocenters. The summed E-state index contributed by atoms with van der Waals surface area (Å²) in [6.07, 6.45) is 3.18. The maximum Gasteiger partial charge on any atom is 0.149 e. The number of hydrogen-bond acceptors (Lipinski definition) is 3. The van der Waals surface area contributed by atoms with Gasteiger partial charge in [-0.2, -0.15) is 0 Å². The molecule has 0 bridgehead atoms. The van der Waals surface area contributed by atoms with E-state index in [4.69, 9.17) is 14.6 Å². The second-order valence-corrected chi connectivity index (χ2v) is 6.69. The van der Waals surface area contributed by atoms with Crippen molar-refractivity contribution in [1.29, 1.82) is 0 Å². The zero-order valence-electron chi connectivity index (χ0n) is 11.5. The molecule has 0 spiro atoms. The number of benzene rings is 1. The minimum Gasteiger partial charge on any atom is -0.461 e. The Labute approximate surface area is 125 Å². The van der Waals surface area contributed by atoms with Gasteiger partial charge in [-0.15, -0.1) is 0 Å². The molecule has 20 heavy (non-hydrogen) atoms. The summed E-state index contributed by atoms with van der Waals surface area (Å²) in [6.45, 7) is 3.93. The van der Waals surface area contributed by atoms with E-state index in [1.807, 2.05) is 19.9 Å². The van der Waals surface area contributed by atoms with Crippen molar-refractivity contribution in [1.82, 2.24) is 0 Å². The molecule has 1 aromatic carbocycles. The summed E-state index contributed by atoms with van der Waals surface area (Å²) in [4.78, 5) is 0. The topological polar surface area (TPSA) is 52.3 Å². The van der Waals surface area contributed by atoms with E-state index in [1.54, 1.807) is 0 Å². The molecule has 2 N–H and O–H groups in total. The van der Waals surface area contributed by atoms with Gasteiger partial charge in [-0.3, -0.25) is 0 Å². The zero-order valence-corrected chi connectivity index (χ0v) is 13.1. The Bertz CT molecular complexity index is 782. The predicted octanol–water partition coefficient (Wildman–Crippen LogP) is 4.90. The quantitative estimate of drug-likeness (QED) is 0.689. The summed E-state index contributed by atoms with van der Waals surface area (Å²) < 4.78 is 12.8. The maximum atomic E-state index is 6.61. The number of aryl methyl sites for hydroxylation is 2. The Kier molecular flexibility index (Phi) is 2.43. The Morgan fingerprint density at radius 2 is 1.65 bits per heavy atom. The van der Waals surface area contributed by atoms with Crippen molar-refractivity contribution >= 4 is 37.9 Å². The lowest BCUT2D eigenvalue weighted by molar-refractivity contribution is 0.255. The van der Waals surface area contributed by atoms with Crippen LogP contribution in [0.5, 0.6) is 0 Å². The number of halogens is 1. The fraction of sp³-hybridized carbons (Fsp3) is 0.375. The normalized spacial score (nSPS) is 17.8. The van der Waals surface area contributed by atoms with E-state index in [2.05, 4.69) is 22.0 Å². The second kappa shape index (κ2) is 3.89. The molecule has 4 heteroatoms. The molecule has 4 rings (SSSR count). The molecular weight excluding hydrogens is 318 g/mol. The van der Waals surface area contributed by atoms with Crippen molar-refractivity contribution in [3.63, 3.8) is 0 Å². The van der Waals surface area contributed by atoms with Crippen molar-refractivity contribution in [2.75, 3.05) is 0 Å². The Morgan fingerprint density at radius 1 is 1.05 bits per heavy atom. The highest BCUT2D eigenvalue weighted by Crippen LogP contribution is 2.48. The molecule has 1 aliphatic carbocycles. The van der Waals surface area contributed by atoms with Crippen LogP contribution in [-0.4, -0.2) is 0 Å². The molecule has 3 nitrogen and oxygen atoms in total. The van der Waals surface area contributed by atoms with Crippen LogP contribution in [0.3, 0.4) is 0 Å². The van der Waals surface area contributed by atoms with Crippen molar-refractivity contribution < 1.29 is 8.83 Å². The summed E-state index contributed by atoms with van der Waals surface area (Å²) in [5, 5.41) is 2.13. The summed E-state index contributed by atoms with van der Waals surface area (Å²) in [5.41, 5.74) is 9.23. The first-order valence-corrected chi connectivity index (χ1v) is 7.70. The van der Waals surface area contributed by atoms with E-state index in [0.29, 0.717) is 0 Å². The van der Waals surface area contributed by atoms with Crippen LogP contribution in [0.4, 0.5) is 0 Å². The van der Waals surface area contributed by atoms with Gasteiger partial charge in [0.1, 0.15) is 22.7 Å². The molecule has 0 radical (unpaired) electrons. The van der Waals surface area contributed by atoms with Crippen LogP contribution in [0.15, 0.2) is 25.4 Å². The van der Waals surface area contributed by atoms with E-state index < -0.39 is 0 Å². The lowest BCUT2D eigenvalue weighted by atomic mass is 9.71. The molecule has 0 aliphatic heterocycles. The van der Waals surface area contributed by atoms with Gasteiger partial charge >= 0.3 is 0 Å². The molecule has 2 heterocycles. The molecular formula is C16H16BrNO2. The summed E-state index contributed by atoms with van der Waals surface area (Å²) in [5.74, 6) is 1.79. The van der Waals surface area contributed by atoms with Gasteiger partial charge in [0.25, 0.3) is 0 Å². The van der Waals surface area contributed by atoms with Crippen molar-refractivity contribution in [2.24, 2.45) is 5.73 Å². The van der Waals surface area contributed by atoms with Gasteiger partial charge in [-0.1, -0.05) is 0 Å². The lowest BCUT2D eigenvalue weighted by Gasteiger charge is -2.38. The molecule has 1 saturated carbocycles. The molecule has 0 amide bonds. The molecule has 2 aromatic heterocycles. The van der Waals surface area contributed by atoms with Gasteiger partial charge in [-0.25, -0.2) is 0 Å². The van der Waals surface area contributed by atoms with Gasteiger partial charge in [0, 0.05) is 21.9 Å². The molecule has 104 valence electrons. The van der Waals surface area contributed by atoms with E-state index in [0.717, 1.165) is 56.3 Å². The SMILES string of the molecule is Cc1cc2c(C3(N)CCC3)c3oc(C)cc3c(Br)c2o1. The highest BCUT2D eigenvalue weighted by molar-refractivity contribution is 9.10. The van der Waals surface area contributed by atoms with Gasteiger partial charge in [0.2, 0.25) is 0 Å². The third-order valence-corrected chi connectivity index (χ3v) is 5.17. The Balaban J connectivity index is 2.23. The van der Waals surface area contributed by atoms with Crippen molar-refractivity contribution in [3.8, 4) is 0 Å². The van der Waals surface area contributed by atoms with Crippen LogP contribution in [0.2, 0.25) is 0 Å². The minimum atomic E-state index is -0.280. The number of hydrogen-bond donors (Lipinski definition) is 1. The van der Waals surface area contributed by atoms with Crippen LogP contribution in [-0.2, 0) is 5.54 Å². The largest absolute Gasteiger partial charge is 0.461 e. The average molecular weight is 334 g/mol. The van der Waals surface area contributed by atoms with Crippen molar-refractivity contribution in [3.05, 3.63) is 33.7 Å². The van der Waals surface area contributed by atoms with E-state index in [1.165, 1.54) is 6.42 Å². The smallest absolute Gasteiger partial charge is 0.149 e. The first kappa shape index (κ1) is 12.5. The van der Waals surface area contributed by atoms with Crippen molar-refractivity contribution in [2.45, 2.75) is 38.6 Å². The predicted molar refractivity (Wildman–Crippen MR) is 82.9 cm³/mol. The van der Waals surface area contributed by atoms with E-state index >= 15 is 0 Å². The Hall–Kier alpha value is -1.26. The third-order valence-electron chi connectivity index (χ3n) is 4.39. The van der Waals surface area contributed by atoms with Crippen LogP contribution in [0, 0.1) is 13.8 Å². The van der Waals surface area contributed by atoms with Gasteiger partial charge in [-0.05, 0) is 61.2 Å². The number of furan rings is 2. The third kappa shape index (κ3) is 1.49. The first-order valence-electron chi connectivity index (χ1n) is 6.91. The average Bonchev–Trinajstić information content (AvgIpc) is 2.90. The second-order valence-electron chi connectivity index (χ2n) is 5.90. The van der Waals surface area contributed by atoms with Crippen LogP contribution in [0.25, 0.3) is 21.9 Å². The molecule has 0 atom stereocenters. The van der Waals surface area contributed by atoms with Gasteiger partial charge < -0.3 is 14.6 Å². The molecule has 3 aromatic rings. The highest BCUT2D eigenvalue weighted by Gasteiger charge is 2.39. The minimum absolute atomic E-state index is 0.280. The summed E-state index contributed by atoms with van der Waals surface area (Å²) >= 11 is 3.66. The number of rotatable bonds is 1. The summed E-state index contributed by atoms with van der Waals surface area (Å²) in [6, 6.07) is 4.11. The molecule has 1 aliphatic rings. The van der Waals surface area contributed by atoms with Crippen LogP contribution < -0.4 is 5.73 Å². The number of nitrogens with two attached hydrogens (primary N) is 1. The monoisotopic (exact) mass is 333 g/mol.